The van der Waals surface area contributed by atoms with E-state index in [0.29, 0.717) is 26.3 Å². The van der Waals surface area contributed by atoms with Crippen LogP contribution < -0.4 is 4.74 Å². The van der Waals surface area contributed by atoms with Crippen molar-refractivity contribution in [1.82, 2.24) is 14.7 Å². The highest BCUT2D eigenvalue weighted by molar-refractivity contribution is 5.64. The molecule has 0 unspecified atom stereocenters. The van der Waals surface area contributed by atoms with Crippen molar-refractivity contribution in [1.29, 1.82) is 0 Å². The predicted octanol–water partition coefficient (Wildman–Crippen LogP) is 0.270. The highest BCUT2D eigenvalue weighted by Crippen LogP contribution is 2.16. The molecule has 1 aromatic heterocycles. The molecule has 0 aromatic carbocycles. The summed E-state index contributed by atoms with van der Waals surface area (Å²) in [5.74, 6) is 0.743. The molecule has 0 saturated carbocycles. The number of hydrogen-bond acceptors (Lipinski definition) is 4. The van der Waals surface area contributed by atoms with Crippen LogP contribution in [0.15, 0.2) is 12.3 Å². The molecule has 94 valence electrons. The molecule has 7 nitrogen and oxygen atoms in total. The molecule has 0 spiro atoms. The van der Waals surface area contributed by atoms with Gasteiger partial charge in [-0.2, -0.15) is 5.10 Å². The molecule has 1 N–H and O–H groups in total. The van der Waals surface area contributed by atoms with Crippen LogP contribution in [-0.4, -0.2) is 58.8 Å². The molecular formula is C10H15N3O4. The van der Waals surface area contributed by atoms with Gasteiger partial charge in [-0.1, -0.05) is 0 Å². The fraction of sp³-hybridized carbons (Fsp3) is 0.600. The largest absolute Gasteiger partial charge is 0.475 e. The SMILES string of the molecule is CN(CCO[C@@H]1COc2ccnn2C1)C(=O)O. The van der Waals surface area contributed by atoms with E-state index in [1.54, 1.807) is 16.9 Å². The third-order valence-electron chi connectivity index (χ3n) is 2.58. The van der Waals surface area contributed by atoms with Gasteiger partial charge < -0.3 is 19.5 Å². The van der Waals surface area contributed by atoms with Crippen molar-refractivity contribution < 1.29 is 19.4 Å². The lowest BCUT2D eigenvalue weighted by Gasteiger charge is -2.24. The number of rotatable bonds is 4. The second-order valence-corrected chi connectivity index (χ2v) is 3.86. The Hall–Kier alpha value is -1.76. The molecule has 1 aliphatic rings. The molecule has 1 aromatic rings. The first-order chi connectivity index (χ1) is 8.16. The number of nitrogens with zero attached hydrogens (tertiary/aromatic N) is 3. The second kappa shape index (κ2) is 5.05. The number of fused-ring (bicyclic) bond motifs is 1. The Morgan fingerprint density at radius 3 is 3.41 bits per heavy atom. The zero-order valence-corrected chi connectivity index (χ0v) is 9.57. The minimum atomic E-state index is -0.956. The summed E-state index contributed by atoms with van der Waals surface area (Å²) in [6.45, 7) is 1.81. The van der Waals surface area contributed by atoms with Crippen molar-refractivity contribution in [2.75, 3.05) is 26.8 Å². The van der Waals surface area contributed by atoms with Crippen LogP contribution in [0.3, 0.4) is 0 Å². The molecule has 0 aliphatic carbocycles. The van der Waals surface area contributed by atoms with Gasteiger partial charge in [0, 0.05) is 19.7 Å². The summed E-state index contributed by atoms with van der Waals surface area (Å²) >= 11 is 0. The normalized spacial score (nSPS) is 18.3. The third kappa shape index (κ3) is 2.88. The van der Waals surface area contributed by atoms with Gasteiger partial charge in [-0.15, -0.1) is 0 Å². The van der Waals surface area contributed by atoms with E-state index in [4.69, 9.17) is 14.6 Å². The monoisotopic (exact) mass is 241 g/mol. The highest BCUT2D eigenvalue weighted by Gasteiger charge is 2.20. The molecule has 1 amide bonds. The Labute approximate surface area is 98.5 Å². The minimum Gasteiger partial charge on any atom is -0.475 e. The maximum Gasteiger partial charge on any atom is 0.407 e. The summed E-state index contributed by atoms with van der Waals surface area (Å²) in [5, 5.41) is 12.7. The molecule has 1 aliphatic heterocycles. The standard InChI is InChI=1S/C10H15N3O4/c1-12(10(14)15)4-5-16-8-6-13-9(17-7-8)2-3-11-13/h2-3,8H,4-7H2,1H3,(H,14,15)/t8-/m0/s1. The van der Waals surface area contributed by atoms with Gasteiger partial charge in [0.1, 0.15) is 12.7 Å². The van der Waals surface area contributed by atoms with Crippen LogP contribution in [0.5, 0.6) is 5.88 Å². The lowest BCUT2D eigenvalue weighted by Crippen LogP contribution is -2.35. The van der Waals surface area contributed by atoms with Crippen molar-refractivity contribution in [3.05, 3.63) is 12.3 Å². The first-order valence-corrected chi connectivity index (χ1v) is 5.37. The van der Waals surface area contributed by atoms with Gasteiger partial charge in [-0.3, -0.25) is 0 Å². The topological polar surface area (TPSA) is 76.8 Å². The van der Waals surface area contributed by atoms with Gasteiger partial charge in [0.25, 0.3) is 0 Å². The number of likely N-dealkylation sites (N-methyl/N-ethyl adjacent to an activating group) is 1. The molecule has 1 atom stereocenters. The fourth-order valence-corrected chi connectivity index (χ4v) is 1.56. The molecule has 0 bridgehead atoms. The molecule has 7 heteroatoms. The number of amides is 1. The van der Waals surface area contributed by atoms with Crippen LogP contribution >= 0.6 is 0 Å². The van der Waals surface area contributed by atoms with Crippen LogP contribution in [0.2, 0.25) is 0 Å². The van der Waals surface area contributed by atoms with Gasteiger partial charge in [0.15, 0.2) is 0 Å². The Kier molecular flexibility index (Phi) is 3.48. The maximum atomic E-state index is 10.5. The predicted molar refractivity (Wildman–Crippen MR) is 58.1 cm³/mol. The van der Waals surface area contributed by atoms with Crippen LogP contribution in [0, 0.1) is 0 Å². The number of hydrogen-bond donors (Lipinski definition) is 1. The number of aromatic nitrogens is 2. The summed E-state index contributed by atoms with van der Waals surface area (Å²) in [7, 11) is 1.51. The van der Waals surface area contributed by atoms with Gasteiger partial charge in [-0.05, 0) is 0 Å². The molecule has 17 heavy (non-hydrogen) atoms. The average molecular weight is 241 g/mol. The van der Waals surface area contributed by atoms with Gasteiger partial charge in [-0.25, -0.2) is 9.48 Å². The maximum absolute atomic E-state index is 10.5. The summed E-state index contributed by atoms with van der Waals surface area (Å²) in [6, 6.07) is 1.80. The van der Waals surface area contributed by atoms with E-state index in [9.17, 15) is 4.79 Å². The van der Waals surface area contributed by atoms with Gasteiger partial charge in [0.2, 0.25) is 5.88 Å². The van der Waals surface area contributed by atoms with Crippen LogP contribution in [-0.2, 0) is 11.3 Å². The molecule has 2 rings (SSSR count). The van der Waals surface area contributed by atoms with E-state index in [1.807, 2.05) is 0 Å². The van der Waals surface area contributed by atoms with E-state index >= 15 is 0 Å². The number of carbonyl (C=O) groups is 1. The Morgan fingerprint density at radius 1 is 1.82 bits per heavy atom. The highest BCUT2D eigenvalue weighted by atomic mass is 16.5. The van der Waals surface area contributed by atoms with Crippen molar-refractivity contribution in [2.24, 2.45) is 0 Å². The summed E-state index contributed by atoms with van der Waals surface area (Å²) in [4.78, 5) is 11.7. The smallest absolute Gasteiger partial charge is 0.407 e. The molecule has 0 saturated heterocycles. The number of ether oxygens (including phenoxy) is 2. The van der Waals surface area contributed by atoms with E-state index in [0.717, 1.165) is 5.88 Å². The van der Waals surface area contributed by atoms with Crippen LogP contribution in [0.1, 0.15) is 0 Å². The number of carboxylic acid groups (broad SMARTS) is 1. The lowest BCUT2D eigenvalue weighted by molar-refractivity contribution is -0.0171. The molecule has 0 radical (unpaired) electrons. The van der Waals surface area contributed by atoms with Crippen molar-refractivity contribution in [3.8, 4) is 5.88 Å². The summed E-state index contributed by atoms with van der Waals surface area (Å²) in [6.07, 6.45) is 0.642. The lowest BCUT2D eigenvalue weighted by atomic mass is 10.3. The van der Waals surface area contributed by atoms with E-state index in [2.05, 4.69) is 5.10 Å². The third-order valence-corrected chi connectivity index (χ3v) is 2.58. The quantitative estimate of drug-likeness (QED) is 0.818. The second-order valence-electron chi connectivity index (χ2n) is 3.86. The van der Waals surface area contributed by atoms with E-state index < -0.39 is 6.09 Å². The van der Waals surface area contributed by atoms with Crippen LogP contribution in [0.25, 0.3) is 0 Å². The zero-order chi connectivity index (χ0) is 12.3. The first kappa shape index (κ1) is 11.7. The molecule has 0 fully saturated rings. The van der Waals surface area contributed by atoms with E-state index in [-0.39, 0.29) is 6.10 Å². The molecule has 2 heterocycles. The van der Waals surface area contributed by atoms with Crippen molar-refractivity contribution >= 4 is 6.09 Å². The Balaban J connectivity index is 1.73. The Morgan fingerprint density at radius 2 is 2.65 bits per heavy atom. The van der Waals surface area contributed by atoms with Crippen molar-refractivity contribution in [3.63, 3.8) is 0 Å². The fourth-order valence-electron chi connectivity index (χ4n) is 1.56. The van der Waals surface area contributed by atoms with Crippen LogP contribution in [0.4, 0.5) is 4.79 Å². The van der Waals surface area contributed by atoms with Gasteiger partial charge >= 0.3 is 6.09 Å². The first-order valence-electron chi connectivity index (χ1n) is 5.37. The zero-order valence-electron chi connectivity index (χ0n) is 9.57. The van der Waals surface area contributed by atoms with Crippen molar-refractivity contribution in [2.45, 2.75) is 12.6 Å². The summed E-state index contributed by atoms with van der Waals surface area (Å²) < 4.78 is 12.7. The minimum absolute atomic E-state index is 0.0791. The van der Waals surface area contributed by atoms with E-state index in [1.165, 1.54) is 11.9 Å². The van der Waals surface area contributed by atoms with Gasteiger partial charge in [0.05, 0.1) is 19.3 Å². The average Bonchev–Trinajstić information content (AvgIpc) is 2.75. The Bertz CT molecular complexity index is 393. The summed E-state index contributed by atoms with van der Waals surface area (Å²) in [5.41, 5.74) is 0. The molecular weight excluding hydrogens is 226 g/mol.